The van der Waals surface area contributed by atoms with Gasteiger partial charge in [-0.15, -0.1) is 0 Å². The summed E-state index contributed by atoms with van der Waals surface area (Å²) >= 11 is 0. The Balaban J connectivity index is 1.36. The molecule has 0 saturated carbocycles. The average molecular weight is 425 g/mol. The topological polar surface area (TPSA) is 92.8 Å². The number of carbonyl (C=O) groups is 2. The lowest BCUT2D eigenvalue weighted by molar-refractivity contribution is -0.124. The first kappa shape index (κ1) is 21.3. The first-order valence-electron chi connectivity index (χ1n) is 10.8. The van der Waals surface area contributed by atoms with Gasteiger partial charge in [-0.05, 0) is 61.6 Å². The van der Waals surface area contributed by atoms with Gasteiger partial charge in [0.1, 0.15) is 6.10 Å². The van der Waals surface area contributed by atoms with Crippen LogP contribution in [0, 0.1) is 0 Å². The first-order chi connectivity index (χ1) is 15.2. The summed E-state index contributed by atoms with van der Waals surface area (Å²) < 4.78 is 11.1. The van der Waals surface area contributed by atoms with Crippen molar-refractivity contribution in [1.29, 1.82) is 0 Å². The summed E-state index contributed by atoms with van der Waals surface area (Å²) in [6.45, 7) is 2.35. The van der Waals surface area contributed by atoms with Gasteiger partial charge in [-0.1, -0.05) is 6.07 Å². The highest BCUT2D eigenvalue weighted by Crippen LogP contribution is 2.19. The second-order valence-electron chi connectivity index (χ2n) is 7.88. The Morgan fingerprint density at radius 3 is 2.39 bits per heavy atom. The number of pyridine rings is 1. The Labute approximate surface area is 181 Å². The number of benzene rings is 1. The van der Waals surface area contributed by atoms with Gasteiger partial charge in [0.25, 0.3) is 5.91 Å². The van der Waals surface area contributed by atoms with Gasteiger partial charge in [0.2, 0.25) is 0 Å². The van der Waals surface area contributed by atoms with E-state index in [0.29, 0.717) is 31.1 Å². The second kappa shape index (κ2) is 10.4. The molecule has 0 bridgehead atoms. The molecule has 2 aromatic rings. The molecule has 0 aliphatic carbocycles. The minimum absolute atomic E-state index is 0.0535. The summed E-state index contributed by atoms with van der Waals surface area (Å²) in [6, 6.07) is 10.7. The van der Waals surface area contributed by atoms with E-state index in [9.17, 15) is 9.59 Å². The van der Waals surface area contributed by atoms with Gasteiger partial charge < -0.3 is 25.0 Å². The van der Waals surface area contributed by atoms with E-state index < -0.39 is 0 Å². The van der Waals surface area contributed by atoms with Gasteiger partial charge in [0, 0.05) is 50.1 Å². The molecule has 164 valence electrons. The van der Waals surface area contributed by atoms with Crippen molar-refractivity contribution in [3.8, 4) is 0 Å². The van der Waals surface area contributed by atoms with Gasteiger partial charge >= 0.3 is 6.03 Å². The largest absolute Gasteiger partial charge is 0.376 e. The minimum atomic E-state index is -0.377. The molecule has 1 aromatic carbocycles. The molecule has 0 radical (unpaired) electrons. The third kappa shape index (κ3) is 6.02. The number of amides is 3. The fraction of sp³-hybridized carbons (Fsp3) is 0.435. The maximum absolute atomic E-state index is 13.0. The fourth-order valence-corrected chi connectivity index (χ4v) is 3.81. The molecule has 2 N–H and O–H groups in total. The summed E-state index contributed by atoms with van der Waals surface area (Å²) in [6.07, 6.45) is 6.79. The van der Waals surface area contributed by atoms with E-state index in [1.807, 2.05) is 12.1 Å². The zero-order valence-corrected chi connectivity index (χ0v) is 17.5. The van der Waals surface area contributed by atoms with Crippen molar-refractivity contribution in [2.45, 2.75) is 44.4 Å². The van der Waals surface area contributed by atoms with E-state index in [4.69, 9.17) is 9.47 Å². The first-order valence-corrected chi connectivity index (χ1v) is 10.8. The second-order valence-corrected chi connectivity index (χ2v) is 7.88. The average Bonchev–Trinajstić information content (AvgIpc) is 3.50. The van der Waals surface area contributed by atoms with Gasteiger partial charge in [-0.3, -0.25) is 9.78 Å². The van der Waals surface area contributed by atoms with Crippen LogP contribution in [-0.2, 0) is 20.8 Å². The van der Waals surface area contributed by atoms with E-state index in [0.717, 1.165) is 37.9 Å². The van der Waals surface area contributed by atoms with E-state index >= 15 is 0 Å². The van der Waals surface area contributed by atoms with Gasteiger partial charge in [0.05, 0.1) is 6.10 Å². The zero-order chi connectivity index (χ0) is 21.5. The lowest BCUT2D eigenvalue weighted by Gasteiger charge is -2.26. The zero-order valence-electron chi connectivity index (χ0n) is 17.5. The van der Waals surface area contributed by atoms with E-state index in [1.165, 1.54) is 0 Å². The summed E-state index contributed by atoms with van der Waals surface area (Å²) in [7, 11) is 0. The number of rotatable bonds is 7. The van der Waals surface area contributed by atoms with Crippen LogP contribution >= 0.6 is 0 Å². The predicted molar refractivity (Wildman–Crippen MR) is 117 cm³/mol. The van der Waals surface area contributed by atoms with Crippen molar-refractivity contribution in [2.75, 3.05) is 30.4 Å². The van der Waals surface area contributed by atoms with Gasteiger partial charge in [-0.2, -0.15) is 0 Å². The summed E-state index contributed by atoms with van der Waals surface area (Å²) in [5.74, 6) is -0.131. The number of nitrogens with one attached hydrogen (secondary N) is 2. The van der Waals surface area contributed by atoms with Crippen molar-refractivity contribution < 1.29 is 19.1 Å². The van der Waals surface area contributed by atoms with E-state index in [2.05, 4.69) is 15.6 Å². The molecule has 0 unspecified atom stereocenters. The van der Waals surface area contributed by atoms with Crippen LogP contribution in [0.15, 0.2) is 48.8 Å². The number of ether oxygens (including phenoxy) is 2. The molecular weight excluding hydrogens is 396 g/mol. The van der Waals surface area contributed by atoms with Crippen LogP contribution in [0.5, 0.6) is 0 Å². The number of hydrogen-bond acceptors (Lipinski definition) is 5. The molecule has 2 aliphatic heterocycles. The molecule has 2 atom stereocenters. The van der Waals surface area contributed by atoms with Crippen LogP contribution in [0.4, 0.5) is 16.2 Å². The molecule has 2 aliphatic rings. The number of urea groups is 1. The molecule has 2 fully saturated rings. The highest BCUT2D eigenvalue weighted by molar-refractivity contribution is 5.95. The fourth-order valence-electron chi connectivity index (χ4n) is 3.81. The highest BCUT2D eigenvalue weighted by atomic mass is 16.5. The van der Waals surface area contributed by atoms with Crippen molar-refractivity contribution in [2.24, 2.45) is 0 Å². The highest BCUT2D eigenvalue weighted by Gasteiger charge is 2.24. The Morgan fingerprint density at radius 1 is 1.00 bits per heavy atom. The third-order valence-electron chi connectivity index (χ3n) is 5.46. The number of nitrogens with zero attached hydrogens (tertiary/aromatic N) is 2. The molecule has 3 amide bonds. The van der Waals surface area contributed by atoms with Gasteiger partial charge in [0.15, 0.2) is 0 Å². The lowest BCUT2D eigenvalue weighted by atomic mass is 10.2. The summed E-state index contributed by atoms with van der Waals surface area (Å²) in [4.78, 5) is 31.1. The van der Waals surface area contributed by atoms with E-state index in [1.54, 1.807) is 41.6 Å². The standard InChI is InChI=1S/C23H28N4O4/c28-22(21-6-3-13-31-21)25-18-7-9-19(10-8-18)26-23(29)27(16-20-5-2-12-30-20)15-17-4-1-11-24-14-17/h1,4,7-11,14,20-21H,2-3,5-6,12-13,15-16H2,(H,25,28)(H,26,29)/t20-,21-/m1/s1. The third-order valence-corrected chi connectivity index (χ3v) is 5.46. The number of carbonyl (C=O) groups excluding carboxylic acids is 2. The van der Waals surface area contributed by atoms with Crippen LogP contribution in [0.25, 0.3) is 0 Å². The molecule has 2 saturated heterocycles. The van der Waals surface area contributed by atoms with Crippen molar-refractivity contribution in [1.82, 2.24) is 9.88 Å². The lowest BCUT2D eigenvalue weighted by Crippen LogP contribution is -2.39. The molecular formula is C23H28N4O4. The minimum Gasteiger partial charge on any atom is -0.376 e. The molecule has 3 heterocycles. The van der Waals surface area contributed by atoms with Crippen LogP contribution in [-0.4, -0.2) is 53.8 Å². The monoisotopic (exact) mass is 424 g/mol. The molecule has 4 rings (SSSR count). The maximum Gasteiger partial charge on any atom is 0.322 e. The summed E-state index contributed by atoms with van der Waals surface area (Å²) in [5.41, 5.74) is 2.29. The predicted octanol–water partition coefficient (Wildman–Crippen LogP) is 3.41. The summed E-state index contributed by atoms with van der Waals surface area (Å²) in [5, 5.41) is 5.80. The molecule has 8 nitrogen and oxygen atoms in total. The molecule has 1 aromatic heterocycles. The SMILES string of the molecule is O=C(Nc1ccc(NC(=O)N(Cc2cccnc2)C[C@H]2CCCO2)cc1)[C@H]1CCCO1. The number of anilines is 2. The van der Waals surface area contributed by atoms with Gasteiger partial charge in [-0.25, -0.2) is 4.79 Å². The smallest absolute Gasteiger partial charge is 0.322 e. The van der Waals surface area contributed by atoms with Crippen molar-refractivity contribution >= 4 is 23.3 Å². The quantitative estimate of drug-likeness (QED) is 0.711. The van der Waals surface area contributed by atoms with Crippen LogP contribution < -0.4 is 10.6 Å². The molecule has 31 heavy (non-hydrogen) atoms. The van der Waals surface area contributed by atoms with Crippen LogP contribution in [0.1, 0.15) is 31.2 Å². The Hall–Kier alpha value is -2.97. The number of aromatic nitrogens is 1. The van der Waals surface area contributed by atoms with Crippen molar-refractivity contribution in [3.05, 3.63) is 54.4 Å². The van der Waals surface area contributed by atoms with Crippen LogP contribution in [0.2, 0.25) is 0 Å². The molecule has 8 heteroatoms. The molecule has 0 spiro atoms. The Kier molecular flexibility index (Phi) is 7.11. The van der Waals surface area contributed by atoms with E-state index in [-0.39, 0.29) is 24.1 Å². The normalized spacial score (nSPS) is 20.4. The van der Waals surface area contributed by atoms with Crippen LogP contribution in [0.3, 0.4) is 0 Å². The Bertz CT molecular complexity index is 863. The maximum atomic E-state index is 13.0. The van der Waals surface area contributed by atoms with Crippen molar-refractivity contribution in [3.63, 3.8) is 0 Å². The Morgan fingerprint density at radius 2 is 1.74 bits per heavy atom. The number of hydrogen-bond donors (Lipinski definition) is 2.